The number of phenols is 4. The van der Waals surface area contributed by atoms with Gasteiger partial charge in [0.15, 0.2) is 11.5 Å². The summed E-state index contributed by atoms with van der Waals surface area (Å²) in [4.78, 5) is 0. The van der Waals surface area contributed by atoms with Gasteiger partial charge in [-0.05, 0) is 87.4 Å². The highest BCUT2D eigenvalue weighted by Gasteiger charge is 2.29. The molecule has 1 aliphatic carbocycles. The van der Waals surface area contributed by atoms with Crippen LogP contribution in [0, 0.1) is 6.92 Å². The van der Waals surface area contributed by atoms with Gasteiger partial charge in [0, 0.05) is 17.2 Å². The van der Waals surface area contributed by atoms with Crippen LogP contribution in [0.2, 0.25) is 0 Å². The van der Waals surface area contributed by atoms with Crippen LogP contribution in [-0.4, -0.2) is 39.6 Å². The number of fused-ring (bicyclic) bond motifs is 1. The van der Waals surface area contributed by atoms with Gasteiger partial charge in [-0.3, -0.25) is 0 Å². The fourth-order valence-corrected chi connectivity index (χ4v) is 4.57. The molecule has 2 atom stereocenters. The highest BCUT2D eigenvalue weighted by atomic mass is 79.9. The highest BCUT2D eigenvalue weighted by molar-refractivity contribution is 8.93. The Morgan fingerprint density at radius 1 is 0.909 bits per heavy atom. The number of nitrogens with two attached hydrogens (primary N) is 1. The van der Waals surface area contributed by atoms with Gasteiger partial charge in [-0.25, -0.2) is 0 Å². The molecule has 0 aliphatic heterocycles. The average molecular weight is 590 g/mol. The Hall–Kier alpha value is -1.48. The number of benzene rings is 2. The molecule has 2 aromatic rings. The molecule has 1 aliphatic rings. The summed E-state index contributed by atoms with van der Waals surface area (Å²) in [5.41, 5.74) is 9.78. The minimum Gasteiger partial charge on any atom is -0.508 e. The van der Waals surface area contributed by atoms with Crippen LogP contribution < -0.4 is 11.1 Å². The van der Waals surface area contributed by atoms with Crippen molar-refractivity contribution in [1.29, 1.82) is 0 Å². The molecule has 0 bridgehead atoms. The summed E-state index contributed by atoms with van der Waals surface area (Å²) in [6.45, 7) is 3.46. The molecule has 0 radical (unpaired) electrons. The van der Waals surface area contributed by atoms with Crippen molar-refractivity contribution in [3.8, 4) is 23.0 Å². The first kappa shape index (κ1) is 29.6. The zero-order chi connectivity index (χ0) is 22.4. The number of rotatable bonds is 10. The van der Waals surface area contributed by atoms with E-state index in [1.165, 1.54) is 0 Å². The number of nitrogens with one attached hydrogen (secondary N) is 1. The van der Waals surface area contributed by atoms with Gasteiger partial charge in [-0.15, -0.1) is 34.0 Å². The molecule has 8 heteroatoms. The molecule has 0 saturated heterocycles. The average Bonchev–Trinajstić information content (AvgIpc) is 2.74. The molecule has 2 unspecified atom stereocenters. The molecule has 2 aromatic carbocycles. The first-order chi connectivity index (χ1) is 14.9. The van der Waals surface area contributed by atoms with Gasteiger partial charge >= 0.3 is 0 Å². The molecule has 0 aromatic heterocycles. The number of hydrogen-bond donors (Lipinski definition) is 6. The molecule has 186 valence electrons. The normalized spacial score (nSPS) is 17.0. The van der Waals surface area contributed by atoms with Crippen LogP contribution in [0.5, 0.6) is 23.0 Å². The zero-order valence-electron chi connectivity index (χ0n) is 19.2. The Morgan fingerprint density at radius 2 is 1.58 bits per heavy atom. The molecule has 0 amide bonds. The molecule has 3 rings (SSSR count). The summed E-state index contributed by atoms with van der Waals surface area (Å²) in [5, 5.41) is 42.9. The van der Waals surface area contributed by atoms with E-state index < -0.39 is 0 Å². The maximum atomic E-state index is 10.1. The molecule has 33 heavy (non-hydrogen) atoms. The van der Waals surface area contributed by atoms with E-state index in [9.17, 15) is 20.4 Å². The van der Waals surface area contributed by atoms with E-state index in [0.717, 1.165) is 81.1 Å². The highest BCUT2D eigenvalue weighted by Crippen LogP contribution is 2.42. The van der Waals surface area contributed by atoms with E-state index in [-0.39, 0.29) is 68.9 Å². The molecule has 7 N–H and O–H groups in total. The Kier molecular flexibility index (Phi) is 12.6. The van der Waals surface area contributed by atoms with Crippen molar-refractivity contribution in [3.63, 3.8) is 0 Å². The van der Waals surface area contributed by atoms with Gasteiger partial charge in [0.25, 0.3) is 0 Å². The van der Waals surface area contributed by atoms with Crippen molar-refractivity contribution in [2.45, 2.75) is 70.3 Å². The van der Waals surface area contributed by atoms with Gasteiger partial charge in [-0.1, -0.05) is 25.3 Å². The summed E-state index contributed by atoms with van der Waals surface area (Å²) in [6, 6.07) is 7.03. The van der Waals surface area contributed by atoms with E-state index in [1.807, 2.05) is 6.07 Å². The van der Waals surface area contributed by atoms with Gasteiger partial charge in [-0.2, -0.15) is 0 Å². The second-order valence-electron chi connectivity index (χ2n) is 8.77. The molecule has 0 spiro atoms. The van der Waals surface area contributed by atoms with Crippen LogP contribution in [0.4, 0.5) is 0 Å². The minimum atomic E-state index is -0.0450. The lowest BCUT2D eigenvalue weighted by Gasteiger charge is -2.32. The van der Waals surface area contributed by atoms with E-state index in [1.54, 1.807) is 25.1 Å². The Morgan fingerprint density at radius 3 is 2.27 bits per heavy atom. The van der Waals surface area contributed by atoms with Crippen molar-refractivity contribution in [2.75, 3.05) is 13.1 Å². The summed E-state index contributed by atoms with van der Waals surface area (Å²) in [7, 11) is 0. The number of halogens is 2. The largest absolute Gasteiger partial charge is 0.508 e. The van der Waals surface area contributed by atoms with Crippen LogP contribution in [0.1, 0.15) is 66.7 Å². The monoisotopic (exact) mass is 588 g/mol. The second kappa shape index (κ2) is 14.0. The lowest BCUT2D eigenvalue weighted by molar-refractivity contribution is 0.380. The van der Waals surface area contributed by atoms with Crippen LogP contribution in [0.15, 0.2) is 24.3 Å². The Labute approximate surface area is 217 Å². The van der Waals surface area contributed by atoms with Gasteiger partial charge in [0.1, 0.15) is 11.5 Å². The van der Waals surface area contributed by atoms with E-state index in [0.29, 0.717) is 5.56 Å². The minimum absolute atomic E-state index is 0. The fourth-order valence-electron chi connectivity index (χ4n) is 4.57. The smallest absolute Gasteiger partial charge is 0.160 e. The van der Waals surface area contributed by atoms with Gasteiger partial charge in [0.2, 0.25) is 0 Å². The van der Waals surface area contributed by atoms with Gasteiger partial charge < -0.3 is 31.5 Å². The summed E-state index contributed by atoms with van der Waals surface area (Å²) in [6.07, 6.45) is 7.83. The zero-order valence-corrected chi connectivity index (χ0v) is 22.6. The Balaban J connectivity index is 0.00000272. The number of phenolic OH excluding ortho intramolecular Hbond substituents is 4. The lowest BCUT2D eigenvalue weighted by atomic mass is 9.76. The summed E-state index contributed by atoms with van der Waals surface area (Å²) in [5.74, 6) is 0.508. The number of hydrogen-bond acceptors (Lipinski definition) is 6. The SMILES string of the molecule is Br.Br.Cc1c(O)cc(CCNCCCCCCC2c3ccc(O)c(O)c3CCC2N)cc1O. The van der Waals surface area contributed by atoms with Crippen LogP contribution in [0.25, 0.3) is 0 Å². The van der Waals surface area contributed by atoms with Crippen molar-refractivity contribution in [3.05, 3.63) is 46.5 Å². The van der Waals surface area contributed by atoms with E-state index >= 15 is 0 Å². The molecule has 0 heterocycles. The third-order valence-electron chi connectivity index (χ3n) is 6.56. The molecule has 0 saturated carbocycles. The lowest BCUT2D eigenvalue weighted by Crippen LogP contribution is -2.33. The topological polar surface area (TPSA) is 119 Å². The third-order valence-corrected chi connectivity index (χ3v) is 6.56. The number of unbranched alkanes of at least 4 members (excludes halogenated alkanes) is 3. The van der Waals surface area contributed by atoms with Crippen molar-refractivity contribution < 1.29 is 20.4 Å². The standard InChI is InChI=1S/C25H36N2O4.2BrH/c1-16-23(29)14-17(15-24(16)30)11-13-27-12-5-3-2-4-6-19-18-8-10-22(28)25(31)20(18)7-9-21(19)26;;/h8,10,14-15,19,21,27-31H,2-7,9,11-13,26H2,1H3;2*1H. The van der Waals surface area contributed by atoms with Crippen molar-refractivity contribution in [1.82, 2.24) is 5.32 Å². The van der Waals surface area contributed by atoms with Crippen LogP contribution >= 0.6 is 34.0 Å². The Bertz CT molecular complexity index is 872. The summed E-state index contributed by atoms with van der Waals surface area (Å²) >= 11 is 0. The third kappa shape index (κ3) is 7.77. The van der Waals surface area contributed by atoms with E-state index in [2.05, 4.69) is 5.32 Å². The van der Waals surface area contributed by atoms with Crippen molar-refractivity contribution in [2.24, 2.45) is 5.73 Å². The van der Waals surface area contributed by atoms with Crippen LogP contribution in [-0.2, 0) is 12.8 Å². The maximum Gasteiger partial charge on any atom is 0.160 e. The predicted molar refractivity (Wildman–Crippen MR) is 144 cm³/mol. The molecular formula is C25H38Br2N2O4. The number of aromatic hydroxyl groups is 4. The van der Waals surface area contributed by atoms with Gasteiger partial charge in [0.05, 0.1) is 0 Å². The first-order valence-electron chi connectivity index (χ1n) is 11.4. The quantitative estimate of drug-likeness (QED) is 0.169. The van der Waals surface area contributed by atoms with Crippen LogP contribution in [0.3, 0.4) is 0 Å². The van der Waals surface area contributed by atoms with Crippen molar-refractivity contribution >= 4 is 34.0 Å². The molecule has 0 fully saturated rings. The second-order valence-corrected chi connectivity index (χ2v) is 8.77. The van der Waals surface area contributed by atoms with E-state index in [4.69, 9.17) is 5.73 Å². The molecular weight excluding hydrogens is 552 g/mol. The fraction of sp³-hybridized carbons (Fsp3) is 0.520. The maximum absolute atomic E-state index is 10.1. The first-order valence-corrected chi connectivity index (χ1v) is 11.4. The summed E-state index contributed by atoms with van der Waals surface area (Å²) < 4.78 is 0. The molecule has 6 nitrogen and oxygen atoms in total. The predicted octanol–water partition coefficient (Wildman–Crippen LogP) is 5.11.